The van der Waals surface area contributed by atoms with Gasteiger partial charge in [-0.2, -0.15) is 10.5 Å². The van der Waals surface area contributed by atoms with Crippen LogP contribution in [0.1, 0.15) is 48.8 Å². The van der Waals surface area contributed by atoms with E-state index in [1.807, 2.05) is 12.3 Å². The van der Waals surface area contributed by atoms with Crippen LogP contribution in [0.15, 0.2) is 85.2 Å². The summed E-state index contributed by atoms with van der Waals surface area (Å²) < 4.78 is 0. The van der Waals surface area contributed by atoms with Gasteiger partial charge < -0.3 is 4.90 Å². The number of aromatic nitrogens is 1. The van der Waals surface area contributed by atoms with E-state index < -0.39 is 0 Å². The Labute approximate surface area is 212 Å². The van der Waals surface area contributed by atoms with Crippen LogP contribution in [0.5, 0.6) is 0 Å². The van der Waals surface area contributed by atoms with Crippen molar-refractivity contribution >= 4 is 11.3 Å². The first-order chi connectivity index (χ1) is 17.7. The molecule has 176 valence electrons. The number of pyridine rings is 1. The normalized spacial score (nSPS) is 26.4. The lowest BCUT2D eigenvalue weighted by Crippen LogP contribution is -2.46. The Morgan fingerprint density at radius 2 is 1.75 bits per heavy atom. The Morgan fingerprint density at radius 1 is 0.944 bits per heavy atom. The van der Waals surface area contributed by atoms with Crippen molar-refractivity contribution in [2.75, 3.05) is 4.90 Å². The van der Waals surface area contributed by atoms with Crippen LogP contribution in [0.4, 0.5) is 5.69 Å². The molecule has 0 amide bonds. The van der Waals surface area contributed by atoms with Crippen LogP contribution < -0.4 is 4.90 Å². The minimum atomic E-state index is 0.000982. The highest BCUT2D eigenvalue weighted by atomic mass is 15.2. The van der Waals surface area contributed by atoms with Crippen LogP contribution in [-0.4, -0.2) is 17.1 Å². The lowest BCUT2D eigenvalue weighted by Gasteiger charge is -2.43. The second kappa shape index (κ2) is 9.14. The maximum Gasteiger partial charge on any atom is 0.101 e. The molecule has 0 saturated heterocycles. The predicted octanol–water partition coefficient (Wildman–Crippen LogP) is 6.87. The Bertz CT molecular complexity index is 1440. The molecule has 5 unspecified atom stereocenters. The van der Waals surface area contributed by atoms with Gasteiger partial charge in [0.25, 0.3) is 0 Å². The largest absolute Gasteiger partial charge is 0.361 e. The van der Waals surface area contributed by atoms with Gasteiger partial charge in [-0.15, -0.1) is 0 Å². The Balaban J connectivity index is 1.30. The molecular weight excluding hydrogens is 440 g/mol. The highest BCUT2D eigenvalue weighted by Crippen LogP contribution is 2.50. The fourth-order valence-electron chi connectivity index (χ4n) is 6.49. The van der Waals surface area contributed by atoms with Gasteiger partial charge in [-0.25, -0.2) is 0 Å². The van der Waals surface area contributed by atoms with Crippen molar-refractivity contribution in [1.82, 2.24) is 4.98 Å². The second-order valence-electron chi connectivity index (χ2n) is 10.2. The molecule has 4 heteroatoms. The molecule has 5 atom stereocenters. The standard InChI is InChI=1S/C32H28N4/c1-21-27(25-12-10-24(11-13-25)26-15-23(18-34)19-35-20-26)6-4-8-30(21)36-31-7-3-2-5-28(31)29-16-22(17-33)9-14-32(29)36/h2-3,5-7,9-15,19-22,29-30,32H,4,8,16H2,1H3. The molecule has 0 radical (unpaired) electrons. The van der Waals surface area contributed by atoms with Gasteiger partial charge in [0.15, 0.2) is 0 Å². The van der Waals surface area contributed by atoms with Crippen LogP contribution in [-0.2, 0) is 0 Å². The summed E-state index contributed by atoms with van der Waals surface area (Å²) in [5, 5.41) is 18.8. The van der Waals surface area contributed by atoms with E-state index in [9.17, 15) is 10.5 Å². The van der Waals surface area contributed by atoms with Crippen molar-refractivity contribution in [2.24, 2.45) is 11.8 Å². The van der Waals surface area contributed by atoms with Crippen LogP contribution in [0.3, 0.4) is 0 Å². The van der Waals surface area contributed by atoms with Crippen molar-refractivity contribution in [3.8, 4) is 23.3 Å². The van der Waals surface area contributed by atoms with Gasteiger partial charge in [0.05, 0.1) is 23.6 Å². The van der Waals surface area contributed by atoms with Gasteiger partial charge >= 0.3 is 0 Å². The molecule has 2 aromatic carbocycles. The zero-order valence-electron chi connectivity index (χ0n) is 20.4. The van der Waals surface area contributed by atoms with E-state index >= 15 is 0 Å². The summed E-state index contributed by atoms with van der Waals surface area (Å²) >= 11 is 0. The lowest BCUT2D eigenvalue weighted by atomic mass is 9.78. The Morgan fingerprint density at radius 3 is 2.56 bits per heavy atom. The van der Waals surface area contributed by atoms with Crippen molar-refractivity contribution in [3.05, 3.63) is 102 Å². The summed E-state index contributed by atoms with van der Waals surface area (Å²) in [6.07, 6.45) is 13.3. The molecule has 0 saturated carbocycles. The molecule has 0 fully saturated rings. The van der Waals surface area contributed by atoms with Crippen molar-refractivity contribution in [1.29, 1.82) is 10.5 Å². The van der Waals surface area contributed by atoms with Crippen molar-refractivity contribution in [3.63, 3.8) is 0 Å². The van der Waals surface area contributed by atoms with Crippen molar-refractivity contribution in [2.45, 2.75) is 44.2 Å². The quantitative estimate of drug-likeness (QED) is 0.393. The highest BCUT2D eigenvalue weighted by Gasteiger charge is 2.44. The maximum atomic E-state index is 9.55. The van der Waals surface area contributed by atoms with Gasteiger partial charge in [0.1, 0.15) is 6.07 Å². The van der Waals surface area contributed by atoms with Crippen LogP contribution in [0, 0.1) is 34.5 Å². The topological polar surface area (TPSA) is 63.7 Å². The molecule has 2 heterocycles. The molecule has 6 rings (SSSR count). The first-order valence-electron chi connectivity index (χ1n) is 12.8. The minimum Gasteiger partial charge on any atom is -0.361 e. The van der Waals surface area contributed by atoms with E-state index in [2.05, 4.69) is 95.7 Å². The molecule has 36 heavy (non-hydrogen) atoms. The average Bonchev–Trinajstić information content (AvgIpc) is 3.27. The van der Waals surface area contributed by atoms with Crippen molar-refractivity contribution < 1.29 is 0 Å². The molecule has 0 N–H and O–H groups in total. The zero-order valence-corrected chi connectivity index (χ0v) is 20.4. The molecule has 0 spiro atoms. The predicted molar refractivity (Wildman–Crippen MR) is 143 cm³/mol. The first kappa shape index (κ1) is 22.3. The third kappa shape index (κ3) is 3.71. The third-order valence-electron chi connectivity index (χ3n) is 8.23. The maximum absolute atomic E-state index is 9.55. The van der Waals surface area contributed by atoms with Gasteiger partial charge in [-0.1, -0.05) is 67.6 Å². The van der Waals surface area contributed by atoms with Crippen LogP contribution in [0.2, 0.25) is 0 Å². The summed E-state index contributed by atoms with van der Waals surface area (Å²) in [5.74, 6) is 0.762. The van der Waals surface area contributed by atoms with Crippen LogP contribution >= 0.6 is 0 Å². The van der Waals surface area contributed by atoms with Crippen LogP contribution in [0.25, 0.3) is 16.7 Å². The number of fused-ring (bicyclic) bond motifs is 3. The number of hydrogen-bond acceptors (Lipinski definition) is 4. The average molecular weight is 469 g/mol. The molecule has 1 aromatic heterocycles. The number of para-hydroxylation sites is 1. The number of rotatable bonds is 3. The van der Waals surface area contributed by atoms with E-state index in [1.165, 1.54) is 22.4 Å². The molecule has 3 aromatic rings. The number of nitriles is 2. The Hall–Kier alpha value is -4.15. The number of nitrogens with zero attached hydrogens (tertiary/aromatic N) is 4. The van der Waals surface area contributed by atoms with Gasteiger partial charge in [0, 0.05) is 41.5 Å². The van der Waals surface area contributed by atoms with Gasteiger partial charge in [-0.3, -0.25) is 4.98 Å². The summed E-state index contributed by atoms with van der Waals surface area (Å²) in [6, 6.07) is 24.8. The Kier molecular flexibility index (Phi) is 5.67. The lowest BCUT2D eigenvalue weighted by molar-refractivity contribution is 0.411. The molecule has 4 nitrogen and oxygen atoms in total. The zero-order chi connectivity index (χ0) is 24.6. The molecule has 2 aliphatic carbocycles. The summed E-state index contributed by atoms with van der Waals surface area (Å²) in [6.45, 7) is 2.37. The van der Waals surface area contributed by atoms with E-state index in [-0.39, 0.29) is 5.92 Å². The minimum absolute atomic E-state index is 0.000982. The molecule has 1 aliphatic heterocycles. The second-order valence-corrected chi connectivity index (χ2v) is 10.2. The number of allylic oxidation sites excluding steroid dienone is 2. The summed E-state index contributed by atoms with van der Waals surface area (Å²) in [5.41, 5.74) is 8.00. The summed E-state index contributed by atoms with van der Waals surface area (Å²) in [4.78, 5) is 6.87. The van der Waals surface area contributed by atoms with Gasteiger partial charge in [-0.05, 0) is 53.7 Å². The van der Waals surface area contributed by atoms with E-state index in [4.69, 9.17) is 0 Å². The monoisotopic (exact) mass is 468 g/mol. The molecular formula is C32H28N4. The fraction of sp³-hybridized carbons (Fsp3) is 0.281. The fourth-order valence-corrected chi connectivity index (χ4v) is 6.49. The summed E-state index contributed by atoms with van der Waals surface area (Å²) in [7, 11) is 0. The SMILES string of the molecule is CC1C(c2ccc(-c3cncc(C#N)c3)cc2)=CCCC1N1c2ccccc2C2CC(C#N)C=CC21. The first-order valence-corrected chi connectivity index (χ1v) is 12.8. The van der Waals surface area contributed by atoms with E-state index in [1.54, 1.807) is 6.20 Å². The number of anilines is 1. The number of benzene rings is 2. The third-order valence-corrected chi connectivity index (χ3v) is 8.23. The van der Waals surface area contributed by atoms with Gasteiger partial charge in [0.2, 0.25) is 0 Å². The number of hydrogen-bond donors (Lipinski definition) is 0. The smallest absolute Gasteiger partial charge is 0.101 e. The highest BCUT2D eigenvalue weighted by molar-refractivity contribution is 5.74. The molecule has 0 bridgehead atoms. The van der Waals surface area contributed by atoms with E-state index in [0.29, 0.717) is 29.5 Å². The molecule has 3 aliphatic rings. The van der Waals surface area contributed by atoms with E-state index in [0.717, 1.165) is 30.4 Å².